The van der Waals surface area contributed by atoms with Gasteiger partial charge in [-0.1, -0.05) is 42.5 Å². The van der Waals surface area contributed by atoms with E-state index in [4.69, 9.17) is 4.74 Å². The SMILES string of the molecule is C=C[C@H]1CC[C@H](c2ccccc2-c2ccc(COCC)c(F)c2)CC1. The third-order valence-electron chi connectivity index (χ3n) is 5.33. The highest BCUT2D eigenvalue weighted by molar-refractivity contribution is 5.68. The van der Waals surface area contributed by atoms with Gasteiger partial charge in [0.25, 0.3) is 0 Å². The molecule has 0 bridgehead atoms. The van der Waals surface area contributed by atoms with Crippen LogP contribution in [0.5, 0.6) is 0 Å². The molecule has 0 aliphatic heterocycles. The largest absolute Gasteiger partial charge is 0.377 e. The average Bonchev–Trinajstić information content (AvgIpc) is 2.67. The van der Waals surface area contributed by atoms with E-state index in [1.807, 2.05) is 25.1 Å². The molecular weight excluding hydrogens is 311 g/mol. The van der Waals surface area contributed by atoms with Gasteiger partial charge in [-0.05, 0) is 67.2 Å². The highest BCUT2D eigenvalue weighted by Gasteiger charge is 2.23. The zero-order valence-corrected chi connectivity index (χ0v) is 15.0. The molecular formula is C23H27FO. The zero-order chi connectivity index (χ0) is 17.6. The third-order valence-corrected chi connectivity index (χ3v) is 5.33. The number of allylic oxidation sites excluding steroid dienone is 1. The van der Waals surface area contributed by atoms with Crippen LogP contribution in [0.3, 0.4) is 0 Å². The molecule has 1 aliphatic rings. The topological polar surface area (TPSA) is 9.23 Å². The summed E-state index contributed by atoms with van der Waals surface area (Å²) in [5.74, 6) is 1.02. The minimum Gasteiger partial charge on any atom is -0.377 e. The fourth-order valence-corrected chi connectivity index (χ4v) is 3.83. The standard InChI is InChI=1S/C23H27FO/c1-3-17-9-11-18(12-10-17)21-7-5-6-8-22(21)19-13-14-20(16-25-4-2)23(24)15-19/h3,5-8,13-15,17-18H,1,4,9-12,16H2,2H3/t17-,18-. The van der Waals surface area contributed by atoms with Crippen LogP contribution in [0.15, 0.2) is 55.1 Å². The predicted octanol–water partition coefficient (Wildman–Crippen LogP) is 6.49. The fourth-order valence-electron chi connectivity index (χ4n) is 3.83. The number of hydrogen-bond donors (Lipinski definition) is 0. The van der Waals surface area contributed by atoms with Gasteiger partial charge in [0.2, 0.25) is 0 Å². The van der Waals surface area contributed by atoms with Gasteiger partial charge in [-0.25, -0.2) is 4.39 Å². The van der Waals surface area contributed by atoms with E-state index in [9.17, 15) is 4.39 Å². The first-order chi connectivity index (χ1) is 12.2. The lowest BCUT2D eigenvalue weighted by Crippen LogP contribution is -2.12. The minimum absolute atomic E-state index is 0.184. The van der Waals surface area contributed by atoms with E-state index >= 15 is 0 Å². The first-order valence-electron chi connectivity index (χ1n) is 9.31. The molecule has 0 spiro atoms. The molecule has 0 amide bonds. The van der Waals surface area contributed by atoms with Crippen molar-refractivity contribution in [2.75, 3.05) is 6.61 Å². The molecule has 1 nitrogen and oxygen atoms in total. The van der Waals surface area contributed by atoms with Gasteiger partial charge in [0, 0.05) is 12.2 Å². The Labute approximate surface area is 150 Å². The van der Waals surface area contributed by atoms with E-state index in [0.717, 1.165) is 11.1 Å². The molecule has 3 rings (SSSR count). The molecule has 0 unspecified atom stereocenters. The second-order valence-electron chi connectivity index (χ2n) is 6.88. The maximum Gasteiger partial charge on any atom is 0.129 e. The Morgan fingerprint density at radius 2 is 1.88 bits per heavy atom. The first-order valence-corrected chi connectivity index (χ1v) is 9.31. The normalized spacial score (nSPS) is 20.4. The number of hydrogen-bond acceptors (Lipinski definition) is 1. The lowest BCUT2D eigenvalue weighted by atomic mass is 9.77. The Bertz CT molecular complexity index is 714. The summed E-state index contributed by atoms with van der Waals surface area (Å²) in [7, 11) is 0. The molecule has 0 aromatic heterocycles. The van der Waals surface area contributed by atoms with Crippen LogP contribution in [0.2, 0.25) is 0 Å². The summed E-state index contributed by atoms with van der Waals surface area (Å²) in [6.45, 7) is 6.78. The molecule has 0 heterocycles. The Balaban J connectivity index is 1.86. The third kappa shape index (κ3) is 4.19. The maximum atomic E-state index is 14.4. The quantitative estimate of drug-likeness (QED) is 0.547. The zero-order valence-electron chi connectivity index (χ0n) is 15.0. The van der Waals surface area contributed by atoms with Crippen LogP contribution in [0, 0.1) is 11.7 Å². The van der Waals surface area contributed by atoms with Crippen LogP contribution in [0.4, 0.5) is 4.39 Å². The molecule has 2 aromatic carbocycles. The monoisotopic (exact) mass is 338 g/mol. The van der Waals surface area contributed by atoms with Crippen molar-refractivity contribution in [1.29, 1.82) is 0 Å². The van der Waals surface area contributed by atoms with Gasteiger partial charge < -0.3 is 4.74 Å². The van der Waals surface area contributed by atoms with Crippen molar-refractivity contribution in [2.45, 2.75) is 45.1 Å². The number of halogens is 1. The molecule has 1 aliphatic carbocycles. The van der Waals surface area contributed by atoms with Crippen LogP contribution >= 0.6 is 0 Å². The second-order valence-corrected chi connectivity index (χ2v) is 6.88. The highest BCUT2D eigenvalue weighted by atomic mass is 19.1. The molecule has 1 fully saturated rings. The second kappa shape index (κ2) is 8.44. The Morgan fingerprint density at radius 3 is 2.56 bits per heavy atom. The van der Waals surface area contributed by atoms with Gasteiger partial charge >= 0.3 is 0 Å². The fraction of sp³-hybridized carbons (Fsp3) is 0.391. The van der Waals surface area contributed by atoms with Crippen molar-refractivity contribution < 1.29 is 9.13 Å². The van der Waals surface area contributed by atoms with E-state index < -0.39 is 0 Å². The van der Waals surface area contributed by atoms with Crippen LogP contribution in [-0.4, -0.2) is 6.61 Å². The minimum atomic E-state index is -0.184. The lowest BCUT2D eigenvalue weighted by molar-refractivity contribution is 0.131. The molecule has 25 heavy (non-hydrogen) atoms. The number of rotatable bonds is 6. The molecule has 132 valence electrons. The summed E-state index contributed by atoms with van der Waals surface area (Å²) in [5.41, 5.74) is 4.09. The van der Waals surface area contributed by atoms with Crippen molar-refractivity contribution in [1.82, 2.24) is 0 Å². The van der Waals surface area contributed by atoms with Crippen molar-refractivity contribution in [3.8, 4) is 11.1 Å². The van der Waals surface area contributed by atoms with Crippen molar-refractivity contribution >= 4 is 0 Å². The summed E-state index contributed by atoms with van der Waals surface area (Å²) in [6.07, 6.45) is 6.85. The molecule has 0 atom stereocenters. The molecule has 2 aromatic rings. The van der Waals surface area contributed by atoms with Crippen LogP contribution in [0.1, 0.15) is 49.7 Å². The van der Waals surface area contributed by atoms with E-state index in [2.05, 4.69) is 30.9 Å². The van der Waals surface area contributed by atoms with Gasteiger partial charge in [-0.2, -0.15) is 0 Å². The first kappa shape index (κ1) is 17.9. The molecule has 1 saturated carbocycles. The smallest absolute Gasteiger partial charge is 0.129 e. The van der Waals surface area contributed by atoms with Gasteiger partial charge in [0.05, 0.1) is 6.61 Å². The summed E-state index contributed by atoms with van der Waals surface area (Å²) < 4.78 is 19.8. The van der Waals surface area contributed by atoms with Gasteiger partial charge in [-0.15, -0.1) is 6.58 Å². The number of ether oxygens (including phenoxy) is 1. The van der Waals surface area contributed by atoms with Crippen molar-refractivity contribution in [3.05, 3.63) is 72.1 Å². The average molecular weight is 338 g/mol. The van der Waals surface area contributed by atoms with E-state index in [0.29, 0.717) is 30.6 Å². The summed E-state index contributed by atoms with van der Waals surface area (Å²) in [6, 6.07) is 14.0. The maximum absolute atomic E-state index is 14.4. The molecule has 0 saturated heterocycles. The van der Waals surface area contributed by atoms with Crippen molar-refractivity contribution in [3.63, 3.8) is 0 Å². The molecule has 2 heteroatoms. The van der Waals surface area contributed by atoms with Crippen LogP contribution in [0.25, 0.3) is 11.1 Å². The molecule has 0 radical (unpaired) electrons. The van der Waals surface area contributed by atoms with Crippen molar-refractivity contribution in [2.24, 2.45) is 5.92 Å². The van der Waals surface area contributed by atoms with Gasteiger partial charge in [0.1, 0.15) is 5.82 Å². The van der Waals surface area contributed by atoms with E-state index in [-0.39, 0.29) is 5.82 Å². The molecule has 0 N–H and O–H groups in total. The Morgan fingerprint density at radius 1 is 1.12 bits per heavy atom. The summed E-state index contributed by atoms with van der Waals surface area (Å²) in [5, 5.41) is 0. The van der Waals surface area contributed by atoms with Crippen LogP contribution < -0.4 is 0 Å². The van der Waals surface area contributed by atoms with Gasteiger partial charge in [-0.3, -0.25) is 0 Å². The van der Waals surface area contributed by atoms with Gasteiger partial charge in [0.15, 0.2) is 0 Å². The highest BCUT2D eigenvalue weighted by Crippen LogP contribution is 2.40. The predicted molar refractivity (Wildman–Crippen MR) is 102 cm³/mol. The van der Waals surface area contributed by atoms with E-state index in [1.165, 1.54) is 31.2 Å². The Kier molecular flexibility index (Phi) is 6.04. The summed E-state index contributed by atoms with van der Waals surface area (Å²) >= 11 is 0. The number of benzene rings is 2. The lowest BCUT2D eigenvalue weighted by Gasteiger charge is -2.28. The van der Waals surface area contributed by atoms with Crippen LogP contribution in [-0.2, 0) is 11.3 Å². The Hall–Kier alpha value is -1.93. The summed E-state index contributed by atoms with van der Waals surface area (Å²) in [4.78, 5) is 0. The van der Waals surface area contributed by atoms with E-state index in [1.54, 1.807) is 6.07 Å².